The van der Waals surface area contributed by atoms with E-state index in [1.807, 2.05) is 12.1 Å². The first-order valence-corrected chi connectivity index (χ1v) is 7.13. The predicted octanol–water partition coefficient (Wildman–Crippen LogP) is 4.18. The lowest BCUT2D eigenvalue weighted by Crippen LogP contribution is -2.35. The van der Waals surface area contributed by atoms with Gasteiger partial charge in [0.1, 0.15) is 0 Å². The molecule has 0 saturated heterocycles. The van der Waals surface area contributed by atoms with Gasteiger partial charge < -0.3 is 5.32 Å². The molecule has 2 heteroatoms. The van der Waals surface area contributed by atoms with Crippen molar-refractivity contribution in [2.45, 2.75) is 44.7 Å². The molecule has 1 aromatic carbocycles. The second-order valence-corrected chi connectivity index (χ2v) is 6.08. The van der Waals surface area contributed by atoms with Crippen molar-refractivity contribution in [2.75, 3.05) is 0 Å². The highest BCUT2D eigenvalue weighted by atomic mass is 35.5. The van der Waals surface area contributed by atoms with Crippen molar-refractivity contribution >= 4 is 11.6 Å². The molecule has 0 heterocycles. The van der Waals surface area contributed by atoms with Crippen molar-refractivity contribution in [3.05, 3.63) is 34.9 Å². The van der Waals surface area contributed by atoms with Gasteiger partial charge in [0.25, 0.3) is 0 Å². The molecule has 17 heavy (non-hydrogen) atoms. The van der Waals surface area contributed by atoms with Crippen LogP contribution in [0.15, 0.2) is 24.3 Å². The Morgan fingerprint density at radius 2 is 1.59 bits per heavy atom. The van der Waals surface area contributed by atoms with Gasteiger partial charge in [-0.05, 0) is 62.1 Å². The normalized spacial score (nSPS) is 21.8. The van der Waals surface area contributed by atoms with E-state index in [0.717, 1.165) is 22.9 Å². The number of nitrogens with one attached hydrogen (secondary N) is 1. The Hall–Kier alpha value is -0.530. The molecule has 0 bridgehead atoms. The Morgan fingerprint density at radius 1 is 1.06 bits per heavy atom. The summed E-state index contributed by atoms with van der Waals surface area (Å²) in [6.45, 7) is 2.26. The smallest absolute Gasteiger partial charge is 0.0406 e. The van der Waals surface area contributed by atoms with Crippen molar-refractivity contribution in [3.63, 3.8) is 0 Å². The summed E-state index contributed by atoms with van der Waals surface area (Å²) in [5, 5.41) is 4.65. The van der Waals surface area contributed by atoms with Gasteiger partial charge in [-0.25, -0.2) is 0 Å². The lowest BCUT2D eigenvalue weighted by atomic mass is 10.0. The molecule has 2 aliphatic rings. The fourth-order valence-corrected chi connectivity index (χ4v) is 2.83. The van der Waals surface area contributed by atoms with Crippen LogP contribution in [0.2, 0.25) is 5.02 Å². The summed E-state index contributed by atoms with van der Waals surface area (Å²) in [6, 6.07) is 9.45. The molecule has 1 nitrogen and oxygen atoms in total. The van der Waals surface area contributed by atoms with Crippen LogP contribution in [0.4, 0.5) is 0 Å². The molecule has 0 radical (unpaired) electrons. The fraction of sp³-hybridized carbons (Fsp3) is 0.600. The molecular formula is C15H20ClN. The molecule has 1 N–H and O–H groups in total. The van der Waals surface area contributed by atoms with Crippen molar-refractivity contribution in [2.24, 2.45) is 11.8 Å². The topological polar surface area (TPSA) is 12.0 Å². The van der Waals surface area contributed by atoms with E-state index in [4.69, 9.17) is 11.6 Å². The maximum Gasteiger partial charge on any atom is 0.0406 e. The lowest BCUT2D eigenvalue weighted by molar-refractivity contribution is 0.377. The summed E-state index contributed by atoms with van der Waals surface area (Å²) < 4.78 is 0. The SMILES string of the molecule is C[C@H](NC(C1CC1)C1CC1)c1ccc(Cl)cc1. The zero-order chi connectivity index (χ0) is 11.8. The molecule has 2 aliphatic carbocycles. The van der Waals surface area contributed by atoms with Gasteiger partial charge in [-0.15, -0.1) is 0 Å². The molecule has 0 unspecified atom stereocenters. The molecule has 92 valence electrons. The summed E-state index contributed by atoms with van der Waals surface area (Å²) in [5.74, 6) is 1.91. The monoisotopic (exact) mass is 249 g/mol. The first kappa shape index (κ1) is 11.6. The number of rotatable bonds is 5. The number of halogens is 1. The number of hydrogen-bond acceptors (Lipinski definition) is 1. The van der Waals surface area contributed by atoms with Crippen LogP contribution in [0.1, 0.15) is 44.2 Å². The van der Waals surface area contributed by atoms with Crippen molar-refractivity contribution in [1.29, 1.82) is 0 Å². The Morgan fingerprint density at radius 3 is 2.06 bits per heavy atom. The van der Waals surface area contributed by atoms with Crippen LogP contribution < -0.4 is 5.32 Å². The van der Waals surface area contributed by atoms with E-state index < -0.39 is 0 Å². The maximum absolute atomic E-state index is 5.92. The standard InChI is InChI=1S/C15H20ClN/c1-10(11-6-8-14(16)9-7-11)17-15(12-2-3-12)13-4-5-13/h6-10,12-13,15,17H,2-5H2,1H3/t10-/m0/s1. The highest BCUT2D eigenvalue weighted by Gasteiger charge is 2.41. The summed E-state index contributed by atoms with van der Waals surface area (Å²) >= 11 is 5.92. The third-order valence-electron chi connectivity index (χ3n) is 4.07. The van der Waals surface area contributed by atoms with Crippen LogP contribution in [-0.2, 0) is 0 Å². The van der Waals surface area contributed by atoms with Crippen molar-refractivity contribution < 1.29 is 0 Å². The van der Waals surface area contributed by atoms with E-state index in [9.17, 15) is 0 Å². The van der Waals surface area contributed by atoms with Gasteiger partial charge in [0, 0.05) is 17.1 Å². The third-order valence-corrected chi connectivity index (χ3v) is 4.32. The second-order valence-electron chi connectivity index (χ2n) is 5.64. The second kappa shape index (κ2) is 4.62. The Bertz CT molecular complexity index is 366. The minimum absolute atomic E-state index is 0.443. The summed E-state index contributed by atoms with van der Waals surface area (Å²) in [5.41, 5.74) is 1.35. The summed E-state index contributed by atoms with van der Waals surface area (Å²) in [6.07, 6.45) is 5.73. The molecular weight excluding hydrogens is 230 g/mol. The lowest BCUT2D eigenvalue weighted by Gasteiger charge is -2.23. The average Bonchev–Trinajstić information content (AvgIpc) is 3.17. The highest BCUT2D eigenvalue weighted by Crippen LogP contribution is 2.45. The predicted molar refractivity (Wildman–Crippen MR) is 72.2 cm³/mol. The van der Waals surface area contributed by atoms with E-state index >= 15 is 0 Å². The van der Waals surface area contributed by atoms with Crippen molar-refractivity contribution in [1.82, 2.24) is 5.32 Å². The Balaban J connectivity index is 1.64. The molecule has 2 fully saturated rings. The summed E-state index contributed by atoms with van der Waals surface area (Å²) in [4.78, 5) is 0. The zero-order valence-corrected chi connectivity index (χ0v) is 11.1. The van der Waals surface area contributed by atoms with E-state index in [1.165, 1.54) is 31.2 Å². The van der Waals surface area contributed by atoms with Gasteiger partial charge >= 0.3 is 0 Å². The van der Waals surface area contributed by atoms with Crippen LogP contribution in [0.5, 0.6) is 0 Å². The van der Waals surface area contributed by atoms with E-state index in [-0.39, 0.29) is 0 Å². The molecule has 0 aromatic heterocycles. The number of benzene rings is 1. The first-order chi connectivity index (χ1) is 8.24. The molecule has 1 aromatic rings. The molecule has 0 aliphatic heterocycles. The quantitative estimate of drug-likeness (QED) is 0.826. The Labute approximate surface area is 109 Å². The van der Waals surface area contributed by atoms with Gasteiger partial charge in [-0.2, -0.15) is 0 Å². The van der Waals surface area contributed by atoms with Gasteiger partial charge in [0.15, 0.2) is 0 Å². The van der Waals surface area contributed by atoms with E-state index in [0.29, 0.717) is 6.04 Å². The van der Waals surface area contributed by atoms with Crippen molar-refractivity contribution in [3.8, 4) is 0 Å². The number of hydrogen-bond donors (Lipinski definition) is 1. The summed E-state index contributed by atoms with van der Waals surface area (Å²) in [7, 11) is 0. The first-order valence-electron chi connectivity index (χ1n) is 6.75. The molecule has 0 spiro atoms. The van der Waals surface area contributed by atoms with Crippen LogP contribution in [0.3, 0.4) is 0 Å². The fourth-order valence-electron chi connectivity index (χ4n) is 2.70. The minimum Gasteiger partial charge on any atom is -0.307 e. The zero-order valence-electron chi connectivity index (χ0n) is 10.3. The average molecular weight is 250 g/mol. The molecule has 1 atom stereocenters. The van der Waals surface area contributed by atoms with Gasteiger partial charge in [0.2, 0.25) is 0 Å². The molecule has 3 rings (SSSR count). The van der Waals surface area contributed by atoms with Gasteiger partial charge in [-0.3, -0.25) is 0 Å². The highest BCUT2D eigenvalue weighted by molar-refractivity contribution is 6.30. The van der Waals surface area contributed by atoms with Crippen LogP contribution in [0, 0.1) is 11.8 Å². The van der Waals surface area contributed by atoms with Crippen LogP contribution in [0.25, 0.3) is 0 Å². The minimum atomic E-state index is 0.443. The van der Waals surface area contributed by atoms with Gasteiger partial charge in [0.05, 0.1) is 0 Å². The van der Waals surface area contributed by atoms with E-state index in [2.05, 4.69) is 24.4 Å². The van der Waals surface area contributed by atoms with Crippen LogP contribution >= 0.6 is 11.6 Å². The largest absolute Gasteiger partial charge is 0.307 e. The molecule has 2 saturated carbocycles. The van der Waals surface area contributed by atoms with Gasteiger partial charge in [-0.1, -0.05) is 23.7 Å². The Kier molecular flexibility index (Phi) is 3.14. The molecule has 0 amide bonds. The van der Waals surface area contributed by atoms with Crippen LogP contribution in [-0.4, -0.2) is 6.04 Å². The third kappa shape index (κ3) is 2.83. The maximum atomic E-state index is 5.92. The van der Waals surface area contributed by atoms with E-state index in [1.54, 1.807) is 0 Å².